The first-order valence-corrected chi connectivity index (χ1v) is 4.19. The second kappa shape index (κ2) is 6.33. The van der Waals surface area contributed by atoms with E-state index in [1.807, 2.05) is 0 Å². The highest BCUT2D eigenvalue weighted by Gasteiger charge is 2.12. The van der Waals surface area contributed by atoms with E-state index in [0.717, 1.165) is 0 Å². The molecule has 9 N–H and O–H groups in total. The highest BCUT2D eigenvalue weighted by atomic mass is 16.3. The molecule has 0 spiro atoms. The van der Waals surface area contributed by atoms with Gasteiger partial charge in [-0.3, -0.25) is 0 Å². The number of aliphatic hydroxyl groups excluding tert-OH is 1. The van der Waals surface area contributed by atoms with Gasteiger partial charge in [0, 0.05) is 25.2 Å². The van der Waals surface area contributed by atoms with Crippen molar-refractivity contribution in [2.24, 2.45) is 22.9 Å². The van der Waals surface area contributed by atoms with Gasteiger partial charge in [0.2, 0.25) is 0 Å². The minimum atomic E-state index is -0.484. The molecule has 0 aromatic heterocycles. The van der Waals surface area contributed by atoms with Crippen molar-refractivity contribution in [1.29, 1.82) is 0 Å². The van der Waals surface area contributed by atoms with E-state index >= 15 is 0 Å². The Morgan fingerprint density at radius 2 is 1.25 bits per heavy atom. The van der Waals surface area contributed by atoms with Crippen LogP contribution in [-0.4, -0.2) is 36.4 Å². The van der Waals surface area contributed by atoms with Crippen molar-refractivity contribution in [2.75, 3.05) is 13.1 Å². The lowest BCUT2D eigenvalue weighted by Gasteiger charge is -2.17. The highest BCUT2D eigenvalue weighted by molar-refractivity contribution is 4.73. The molecule has 2 atom stereocenters. The lowest BCUT2D eigenvalue weighted by Crippen LogP contribution is -2.38. The molecule has 0 aliphatic heterocycles. The van der Waals surface area contributed by atoms with Gasteiger partial charge in [-0.1, -0.05) is 0 Å². The minimum Gasteiger partial charge on any atom is -0.393 e. The fourth-order valence-corrected chi connectivity index (χ4v) is 0.988. The molecule has 0 aromatic carbocycles. The summed E-state index contributed by atoms with van der Waals surface area (Å²) >= 11 is 0. The van der Waals surface area contributed by atoms with E-state index < -0.39 is 6.10 Å². The van der Waals surface area contributed by atoms with Crippen molar-refractivity contribution in [3.63, 3.8) is 0 Å². The summed E-state index contributed by atoms with van der Waals surface area (Å²) in [5.74, 6) is 0. The molecule has 0 radical (unpaired) electrons. The number of aliphatic hydroxyl groups is 1. The lowest BCUT2D eigenvalue weighted by molar-refractivity contribution is 0.139. The van der Waals surface area contributed by atoms with Crippen LogP contribution in [0.25, 0.3) is 0 Å². The minimum absolute atomic E-state index is 0.148. The van der Waals surface area contributed by atoms with Gasteiger partial charge in [0.25, 0.3) is 0 Å². The van der Waals surface area contributed by atoms with Crippen molar-refractivity contribution in [1.82, 2.24) is 0 Å². The Morgan fingerprint density at radius 1 is 0.917 bits per heavy atom. The maximum Gasteiger partial charge on any atom is 0.0570 e. The van der Waals surface area contributed by atoms with E-state index in [1.54, 1.807) is 0 Å². The Morgan fingerprint density at radius 3 is 1.50 bits per heavy atom. The third-order valence-corrected chi connectivity index (χ3v) is 1.76. The van der Waals surface area contributed by atoms with Crippen LogP contribution in [0.2, 0.25) is 0 Å². The SMILES string of the molecule is NCC(N)CC(O)CC(N)CN. The van der Waals surface area contributed by atoms with E-state index in [-0.39, 0.29) is 12.1 Å². The molecular weight excluding hydrogens is 156 g/mol. The maximum absolute atomic E-state index is 9.38. The monoisotopic (exact) mass is 176 g/mol. The second-order valence-electron chi connectivity index (χ2n) is 3.12. The predicted octanol–water partition coefficient (Wildman–Crippen LogP) is -2.30. The molecule has 2 unspecified atom stereocenters. The van der Waals surface area contributed by atoms with E-state index in [4.69, 9.17) is 22.9 Å². The molecule has 0 saturated carbocycles. The van der Waals surface area contributed by atoms with E-state index in [9.17, 15) is 5.11 Å². The van der Waals surface area contributed by atoms with Crippen molar-refractivity contribution in [3.05, 3.63) is 0 Å². The Bertz CT molecular complexity index is 99.6. The van der Waals surface area contributed by atoms with E-state index in [0.29, 0.717) is 25.9 Å². The molecule has 0 amide bonds. The molecule has 0 saturated heterocycles. The number of nitrogens with two attached hydrogens (primary N) is 4. The summed E-state index contributed by atoms with van der Waals surface area (Å²) in [6.07, 6.45) is 0.496. The molecule has 0 fully saturated rings. The van der Waals surface area contributed by atoms with Crippen molar-refractivity contribution >= 4 is 0 Å². The largest absolute Gasteiger partial charge is 0.393 e. The first kappa shape index (κ1) is 11.8. The molecule has 0 heterocycles. The zero-order chi connectivity index (χ0) is 9.56. The number of rotatable bonds is 6. The average molecular weight is 176 g/mol. The standard InChI is InChI=1S/C7H20N4O/c8-3-5(10)1-7(12)2-6(11)4-9/h5-7,12H,1-4,8-11H2. The number of hydrogen-bond acceptors (Lipinski definition) is 5. The van der Waals surface area contributed by atoms with Crippen LogP contribution in [0.5, 0.6) is 0 Å². The fraction of sp³-hybridized carbons (Fsp3) is 1.00. The van der Waals surface area contributed by atoms with Crippen molar-refractivity contribution in [2.45, 2.75) is 31.0 Å². The van der Waals surface area contributed by atoms with Crippen LogP contribution in [0.3, 0.4) is 0 Å². The first-order valence-electron chi connectivity index (χ1n) is 4.19. The average Bonchev–Trinajstić information content (AvgIpc) is 2.03. The van der Waals surface area contributed by atoms with Gasteiger partial charge >= 0.3 is 0 Å². The molecule has 5 heteroatoms. The quantitative estimate of drug-likeness (QED) is 0.311. The van der Waals surface area contributed by atoms with Crippen LogP contribution in [-0.2, 0) is 0 Å². The van der Waals surface area contributed by atoms with Gasteiger partial charge in [0.15, 0.2) is 0 Å². The van der Waals surface area contributed by atoms with Gasteiger partial charge in [0.1, 0.15) is 0 Å². The smallest absolute Gasteiger partial charge is 0.0570 e. The van der Waals surface area contributed by atoms with Crippen LogP contribution in [0.4, 0.5) is 0 Å². The van der Waals surface area contributed by atoms with Crippen LogP contribution in [0, 0.1) is 0 Å². The maximum atomic E-state index is 9.38. The number of hydrogen-bond donors (Lipinski definition) is 5. The second-order valence-corrected chi connectivity index (χ2v) is 3.12. The molecule has 5 nitrogen and oxygen atoms in total. The molecule has 0 aromatic rings. The molecule has 0 aliphatic rings. The third kappa shape index (κ3) is 5.45. The molecule has 12 heavy (non-hydrogen) atoms. The lowest BCUT2D eigenvalue weighted by atomic mass is 10.0. The van der Waals surface area contributed by atoms with Crippen molar-refractivity contribution < 1.29 is 5.11 Å². The van der Waals surface area contributed by atoms with Crippen LogP contribution in [0.15, 0.2) is 0 Å². The summed E-state index contributed by atoms with van der Waals surface area (Å²) in [5, 5.41) is 9.38. The van der Waals surface area contributed by atoms with Gasteiger partial charge in [0.05, 0.1) is 6.10 Å². The summed E-state index contributed by atoms with van der Waals surface area (Å²) in [5.41, 5.74) is 21.7. The summed E-state index contributed by atoms with van der Waals surface area (Å²) < 4.78 is 0. The fourth-order valence-electron chi connectivity index (χ4n) is 0.988. The highest BCUT2D eigenvalue weighted by Crippen LogP contribution is 2.01. The van der Waals surface area contributed by atoms with Gasteiger partial charge in [-0.25, -0.2) is 0 Å². The molecule has 0 rings (SSSR count). The summed E-state index contributed by atoms with van der Waals surface area (Å²) in [6, 6.07) is -0.296. The Balaban J connectivity index is 3.51. The van der Waals surface area contributed by atoms with E-state index in [1.165, 1.54) is 0 Å². The third-order valence-electron chi connectivity index (χ3n) is 1.76. The summed E-state index contributed by atoms with van der Waals surface area (Å²) in [4.78, 5) is 0. The first-order chi connectivity index (χ1) is 5.60. The Labute approximate surface area is 73.1 Å². The Kier molecular flexibility index (Phi) is 6.23. The normalized spacial score (nSPS) is 18.8. The topological polar surface area (TPSA) is 124 Å². The van der Waals surface area contributed by atoms with Crippen molar-refractivity contribution in [3.8, 4) is 0 Å². The van der Waals surface area contributed by atoms with Gasteiger partial charge in [-0.15, -0.1) is 0 Å². The molecule has 0 bridgehead atoms. The molecule has 74 valence electrons. The van der Waals surface area contributed by atoms with Crippen LogP contribution < -0.4 is 22.9 Å². The van der Waals surface area contributed by atoms with Gasteiger partial charge in [-0.2, -0.15) is 0 Å². The summed E-state index contributed by atoms with van der Waals surface area (Å²) in [7, 11) is 0. The van der Waals surface area contributed by atoms with E-state index in [2.05, 4.69) is 0 Å². The zero-order valence-electron chi connectivity index (χ0n) is 7.32. The van der Waals surface area contributed by atoms with Crippen LogP contribution >= 0.6 is 0 Å². The molecular formula is C7H20N4O. The zero-order valence-corrected chi connectivity index (χ0v) is 7.32. The summed E-state index contributed by atoms with van der Waals surface area (Å²) in [6.45, 7) is 0.768. The van der Waals surface area contributed by atoms with Gasteiger partial charge < -0.3 is 28.0 Å². The van der Waals surface area contributed by atoms with Crippen LogP contribution in [0.1, 0.15) is 12.8 Å². The predicted molar refractivity (Wildman–Crippen MR) is 49.3 cm³/mol. The Hall–Kier alpha value is -0.200. The molecule has 0 aliphatic carbocycles. The van der Waals surface area contributed by atoms with Gasteiger partial charge in [-0.05, 0) is 12.8 Å².